The second-order valence-electron chi connectivity index (χ2n) is 8.07. The topological polar surface area (TPSA) is 48.4 Å². The van der Waals surface area contributed by atoms with E-state index in [1.165, 1.54) is 36.1 Å². The van der Waals surface area contributed by atoms with Crippen molar-refractivity contribution in [3.8, 4) is 0 Å². The molecule has 27 heavy (non-hydrogen) atoms. The van der Waals surface area contributed by atoms with Crippen LogP contribution >= 0.6 is 0 Å². The minimum Gasteiger partial charge on any atom is -0.338 e. The van der Waals surface area contributed by atoms with E-state index in [9.17, 15) is 0 Å². The van der Waals surface area contributed by atoms with Crippen molar-refractivity contribution in [3.05, 3.63) is 47.5 Å². The van der Waals surface area contributed by atoms with Crippen LogP contribution in [0.5, 0.6) is 0 Å². The third kappa shape index (κ3) is 3.69. The number of anilines is 1. The van der Waals surface area contributed by atoms with Crippen LogP contribution in [0, 0.1) is 0 Å². The predicted octanol–water partition coefficient (Wildman–Crippen LogP) is 2.10. The molecule has 2 fully saturated rings. The zero-order chi connectivity index (χ0) is 18.1. The third-order valence-corrected chi connectivity index (χ3v) is 6.32. The Hall–Kier alpha value is -2.05. The Morgan fingerprint density at radius 2 is 1.93 bits per heavy atom. The molecule has 5 rings (SSSR count). The van der Waals surface area contributed by atoms with Crippen molar-refractivity contribution in [2.24, 2.45) is 0 Å². The highest BCUT2D eigenvalue weighted by Gasteiger charge is 2.29. The van der Waals surface area contributed by atoms with Gasteiger partial charge in [-0.3, -0.25) is 14.8 Å². The SMILES string of the molecule is c1cncc(CN2CCc3nc(N4CCN(C5CCC5)CC4)ncc3C2)c1. The van der Waals surface area contributed by atoms with Crippen molar-refractivity contribution in [2.45, 2.75) is 44.8 Å². The number of piperazine rings is 1. The van der Waals surface area contributed by atoms with Crippen LogP contribution in [-0.4, -0.2) is 63.5 Å². The van der Waals surface area contributed by atoms with Gasteiger partial charge in [-0.05, 0) is 24.5 Å². The van der Waals surface area contributed by atoms with Gasteiger partial charge >= 0.3 is 0 Å². The van der Waals surface area contributed by atoms with Gasteiger partial charge in [0.15, 0.2) is 0 Å². The van der Waals surface area contributed by atoms with Crippen LogP contribution in [0.4, 0.5) is 5.95 Å². The summed E-state index contributed by atoms with van der Waals surface area (Å²) in [5, 5.41) is 0. The second-order valence-corrected chi connectivity index (χ2v) is 8.07. The highest BCUT2D eigenvalue weighted by molar-refractivity contribution is 5.35. The lowest BCUT2D eigenvalue weighted by atomic mass is 9.91. The highest BCUT2D eigenvalue weighted by atomic mass is 15.3. The zero-order valence-corrected chi connectivity index (χ0v) is 15.9. The van der Waals surface area contributed by atoms with Crippen LogP contribution < -0.4 is 4.90 Å². The van der Waals surface area contributed by atoms with E-state index in [2.05, 4.69) is 31.9 Å². The number of hydrogen-bond acceptors (Lipinski definition) is 6. The monoisotopic (exact) mass is 364 g/mol. The van der Waals surface area contributed by atoms with Gasteiger partial charge in [-0.2, -0.15) is 0 Å². The molecular weight excluding hydrogens is 336 g/mol. The van der Waals surface area contributed by atoms with E-state index < -0.39 is 0 Å². The zero-order valence-electron chi connectivity index (χ0n) is 15.9. The first-order valence-electron chi connectivity index (χ1n) is 10.3. The van der Waals surface area contributed by atoms with Gasteiger partial charge in [-0.15, -0.1) is 0 Å². The molecule has 4 heterocycles. The molecule has 1 saturated heterocycles. The van der Waals surface area contributed by atoms with E-state index >= 15 is 0 Å². The van der Waals surface area contributed by atoms with Gasteiger partial charge in [0.25, 0.3) is 0 Å². The Bertz CT molecular complexity index is 767. The lowest BCUT2D eigenvalue weighted by molar-refractivity contribution is 0.120. The number of rotatable bonds is 4. The maximum absolute atomic E-state index is 4.94. The molecule has 1 saturated carbocycles. The van der Waals surface area contributed by atoms with Crippen LogP contribution in [0.3, 0.4) is 0 Å². The summed E-state index contributed by atoms with van der Waals surface area (Å²) in [6.45, 7) is 7.35. The highest BCUT2D eigenvalue weighted by Crippen LogP contribution is 2.26. The summed E-state index contributed by atoms with van der Waals surface area (Å²) in [4.78, 5) is 21.4. The average Bonchev–Trinajstić information content (AvgIpc) is 2.68. The fraction of sp³-hybridized carbons (Fsp3) is 0.571. The molecule has 0 spiro atoms. The maximum atomic E-state index is 4.94. The number of aromatic nitrogens is 3. The van der Waals surface area contributed by atoms with Crippen LogP contribution in [0.1, 0.15) is 36.1 Å². The number of nitrogens with zero attached hydrogens (tertiary/aromatic N) is 6. The van der Waals surface area contributed by atoms with E-state index in [-0.39, 0.29) is 0 Å². The third-order valence-electron chi connectivity index (χ3n) is 6.32. The van der Waals surface area contributed by atoms with Crippen molar-refractivity contribution in [3.63, 3.8) is 0 Å². The summed E-state index contributed by atoms with van der Waals surface area (Å²) in [7, 11) is 0. The molecule has 0 aromatic carbocycles. The summed E-state index contributed by atoms with van der Waals surface area (Å²) < 4.78 is 0. The van der Waals surface area contributed by atoms with Gasteiger partial charge in [0.1, 0.15) is 0 Å². The summed E-state index contributed by atoms with van der Waals surface area (Å²) >= 11 is 0. The molecule has 1 aliphatic carbocycles. The molecule has 2 aliphatic heterocycles. The molecule has 142 valence electrons. The molecule has 0 N–H and O–H groups in total. The smallest absolute Gasteiger partial charge is 0.225 e. The predicted molar refractivity (Wildman–Crippen MR) is 106 cm³/mol. The van der Waals surface area contributed by atoms with Crippen LogP contribution in [0.15, 0.2) is 30.7 Å². The first-order chi connectivity index (χ1) is 13.3. The Labute approximate surface area is 161 Å². The Balaban J connectivity index is 1.21. The molecule has 6 nitrogen and oxygen atoms in total. The van der Waals surface area contributed by atoms with Gasteiger partial charge in [0.2, 0.25) is 5.95 Å². The largest absolute Gasteiger partial charge is 0.338 e. The molecule has 0 radical (unpaired) electrons. The molecule has 6 heteroatoms. The average molecular weight is 364 g/mol. The molecule has 3 aliphatic rings. The first kappa shape index (κ1) is 17.1. The lowest BCUT2D eigenvalue weighted by Gasteiger charge is -2.43. The second kappa shape index (κ2) is 7.52. The quantitative estimate of drug-likeness (QED) is 0.828. The molecule has 0 unspecified atom stereocenters. The fourth-order valence-electron chi connectivity index (χ4n) is 4.44. The number of hydrogen-bond donors (Lipinski definition) is 0. The Kier molecular flexibility index (Phi) is 4.76. The van der Waals surface area contributed by atoms with Crippen LogP contribution in [0.2, 0.25) is 0 Å². The Morgan fingerprint density at radius 1 is 1.04 bits per heavy atom. The molecule has 0 amide bonds. The van der Waals surface area contributed by atoms with Gasteiger partial charge in [0, 0.05) is 82.4 Å². The lowest BCUT2D eigenvalue weighted by Crippen LogP contribution is -2.52. The molecule has 2 aromatic rings. The number of fused-ring (bicyclic) bond motifs is 1. The van der Waals surface area contributed by atoms with Gasteiger partial charge in [0.05, 0.1) is 5.69 Å². The molecule has 0 atom stereocenters. The van der Waals surface area contributed by atoms with Crippen molar-refractivity contribution in [1.29, 1.82) is 0 Å². The minimum absolute atomic E-state index is 0.849. The van der Waals surface area contributed by atoms with Gasteiger partial charge in [-0.1, -0.05) is 12.5 Å². The van der Waals surface area contributed by atoms with Crippen molar-refractivity contribution < 1.29 is 0 Å². The standard InChI is InChI=1S/C21H28N6/c1-4-19(5-1)26-9-11-27(12-10-26)21-23-14-18-16-25(8-6-20(18)24-21)15-17-3-2-7-22-13-17/h2-3,7,13-14,19H,1,4-6,8-12,15-16H2. The van der Waals surface area contributed by atoms with Crippen molar-refractivity contribution in [2.75, 3.05) is 37.6 Å². The van der Waals surface area contributed by atoms with Crippen LogP contribution in [0.25, 0.3) is 0 Å². The molecular formula is C21H28N6. The summed E-state index contributed by atoms with van der Waals surface area (Å²) in [6.07, 6.45) is 11.1. The van der Waals surface area contributed by atoms with E-state index in [0.29, 0.717) is 0 Å². The van der Waals surface area contributed by atoms with E-state index in [1.807, 2.05) is 18.5 Å². The normalized spacial score (nSPS) is 21.7. The van der Waals surface area contributed by atoms with Crippen LogP contribution in [-0.2, 0) is 19.5 Å². The summed E-state index contributed by atoms with van der Waals surface area (Å²) in [5.41, 5.74) is 3.79. The summed E-state index contributed by atoms with van der Waals surface area (Å²) in [5.74, 6) is 0.933. The first-order valence-corrected chi connectivity index (χ1v) is 10.3. The molecule has 0 bridgehead atoms. The Morgan fingerprint density at radius 3 is 2.67 bits per heavy atom. The summed E-state index contributed by atoms with van der Waals surface area (Å²) in [6, 6.07) is 5.00. The van der Waals surface area contributed by atoms with Crippen molar-refractivity contribution >= 4 is 5.95 Å². The van der Waals surface area contributed by atoms with E-state index in [0.717, 1.165) is 64.2 Å². The van der Waals surface area contributed by atoms with Crippen molar-refractivity contribution in [1.82, 2.24) is 24.8 Å². The fourth-order valence-corrected chi connectivity index (χ4v) is 4.44. The minimum atomic E-state index is 0.849. The van der Waals surface area contributed by atoms with Gasteiger partial charge < -0.3 is 4.90 Å². The van der Waals surface area contributed by atoms with E-state index in [1.54, 1.807) is 0 Å². The molecule has 2 aromatic heterocycles. The maximum Gasteiger partial charge on any atom is 0.225 e. The number of pyridine rings is 1. The van der Waals surface area contributed by atoms with E-state index in [4.69, 9.17) is 9.97 Å². The van der Waals surface area contributed by atoms with Gasteiger partial charge in [-0.25, -0.2) is 9.97 Å².